The molecule has 2 aromatic carbocycles. The number of nitrogens with one attached hydrogen (secondary N) is 1. The largest absolute Gasteiger partial charge is 0.376 e. The number of hydrogen-bond acceptors (Lipinski definition) is 2. The van der Waals surface area contributed by atoms with E-state index >= 15 is 0 Å². The lowest BCUT2D eigenvalue weighted by atomic mass is 9.75. The topological polar surface area (TPSA) is 21.3 Å². The molecular formula is C24H33NO. The molecule has 26 heavy (non-hydrogen) atoms. The molecule has 0 aliphatic carbocycles. The summed E-state index contributed by atoms with van der Waals surface area (Å²) in [4.78, 5) is 0. The maximum absolute atomic E-state index is 5.97. The molecule has 2 nitrogen and oxygen atoms in total. The van der Waals surface area contributed by atoms with Gasteiger partial charge in [0.25, 0.3) is 0 Å². The average Bonchev–Trinajstić information content (AvgIpc) is 2.65. The molecule has 3 atom stereocenters. The van der Waals surface area contributed by atoms with Gasteiger partial charge < -0.3 is 10.1 Å². The zero-order valence-corrected chi connectivity index (χ0v) is 16.4. The highest BCUT2D eigenvalue weighted by molar-refractivity contribution is 5.21. The van der Waals surface area contributed by atoms with Gasteiger partial charge >= 0.3 is 0 Å². The maximum atomic E-state index is 5.97. The van der Waals surface area contributed by atoms with Crippen molar-refractivity contribution in [2.24, 2.45) is 5.92 Å². The maximum Gasteiger partial charge on any atom is 0.0629 e. The van der Waals surface area contributed by atoms with Crippen molar-refractivity contribution in [2.75, 3.05) is 13.2 Å². The van der Waals surface area contributed by atoms with E-state index in [1.54, 1.807) is 0 Å². The van der Waals surface area contributed by atoms with Gasteiger partial charge in [0.1, 0.15) is 0 Å². The molecule has 0 unspecified atom stereocenters. The molecule has 1 saturated heterocycles. The van der Waals surface area contributed by atoms with Crippen LogP contribution < -0.4 is 5.32 Å². The number of hydrogen-bond donors (Lipinski definition) is 1. The van der Waals surface area contributed by atoms with Crippen LogP contribution in [0, 0.1) is 5.92 Å². The van der Waals surface area contributed by atoms with Crippen molar-refractivity contribution in [3.8, 4) is 0 Å². The van der Waals surface area contributed by atoms with E-state index in [9.17, 15) is 0 Å². The van der Waals surface area contributed by atoms with Gasteiger partial charge in [0.2, 0.25) is 0 Å². The summed E-state index contributed by atoms with van der Waals surface area (Å²) in [6, 6.07) is 22.2. The minimum absolute atomic E-state index is 0.000700. The van der Waals surface area contributed by atoms with Gasteiger partial charge in [-0.3, -0.25) is 0 Å². The fourth-order valence-electron chi connectivity index (χ4n) is 4.31. The molecule has 0 saturated carbocycles. The molecule has 0 aromatic heterocycles. The van der Waals surface area contributed by atoms with Crippen LogP contribution in [0.3, 0.4) is 0 Å². The molecule has 2 heteroatoms. The minimum Gasteiger partial charge on any atom is -0.376 e. The fourth-order valence-corrected chi connectivity index (χ4v) is 4.31. The molecule has 1 heterocycles. The summed E-state index contributed by atoms with van der Waals surface area (Å²) < 4.78 is 5.97. The van der Waals surface area contributed by atoms with Gasteiger partial charge in [0.15, 0.2) is 0 Å². The predicted octanol–water partition coefficient (Wildman–Crippen LogP) is 5.72. The van der Waals surface area contributed by atoms with Crippen molar-refractivity contribution < 1.29 is 4.74 Å². The van der Waals surface area contributed by atoms with E-state index in [1.165, 1.54) is 17.5 Å². The normalized spacial score (nSPS) is 21.9. The van der Waals surface area contributed by atoms with Crippen molar-refractivity contribution in [1.29, 1.82) is 0 Å². The van der Waals surface area contributed by atoms with E-state index in [4.69, 9.17) is 4.74 Å². The third-order valence-electron chi connectivity index (χ3n) is 5.74. The number of ether oxygens (including phenoxy) is 1. The van der Waals surface area contributed by atoms with E-state index in [1.807, 2.05) is 0 Å². The Hall–Kier alpha value is -1.64. The molecule has 3 rings (SSSR count). The van der Waals surface area contributed by atoms with Gasteiger partial charge in [-0.15, -0.1) is 0 Å². The van der Waals surface area contributed by atoms with Crippen LogP contribution in [0.1, 0.15) is 63.1 Å². The summed E-state index contributed by atoms with van der Waals surface area (Å²) in [5, 5.41) is 3.73. The highest BCUT2D eigenvalue weighted by atomic mass is 16.5. The van der Waals surface area contributed by atoms with Crippen molar-refractivity contribution in [3.63, 3.8) is 0 Å². The van der Waals surface area contributed by atoms with Crippen molar-refractivity contribution in [1.82, 2.24) is 5.32 Å². The quantitative estimate of drug-likeness (QED) is 0.689. The van der Waals surface area contributed by atoms with E-state index in [0.29, 0.717) is 17.9 Å². The smallest absolute Gasteiger partial charge is 0.0629 e. The van der Waals surface area contributed by atoms with Gasteiger partial charge in [-0.25, -0.2) is 0 Å². The van der Waals surface area contributed by atoms with Gasteiger partial charge in [-0.1, -0.05) is 60.7 Å². The summed E-state index contributed by atoms with van der Waals surface area (Å²) in [6.07, 6.45) is 3.47. The zero-order chi connectivity index (χ0) is 18.4. The van der Waals surface area contributed by atoms with Crippen LogP contribution in [0.15, 0.2) is 60.7 Å². The summed E-state index contributed by atoms with van der Waals surface area (Å²) >= 11 is 0. The molecule has 0 radical (unpaired) electrons. The molecule has 1 aliphatic rings. The molecule has 140 valence electrons. The Morgan fingerprint density at radius 1 is 1.00 bits per heavy atom. The van der Waals surface area contributed by atoms with Gasteiger partial charge in [-0.05, 0) is 69.5 Å². The Balaban J connectivity index is 1.64. The lowest BCUT2D eigenvalue weighted by molar-refractivity contribution is -0.0772. The first-order chi connectivity index (χ1) is 12.6. The van der Waals surface area contributed by atoms with Crippen molar-refractivity contribution >= 4 is 0 Å². The first-order valence-electron chi connectivity index (χ1n) is 10.0. The Labute approximate surface area is 159 Å². The van der Waals surface area contributed by atoms with Crippen LogP contribution in [0.4, 0.5) is 0 Å². The van der Waals surface area contributed by atoms with E-state index in [0.717, 1.165) is 26.0 Å². The standard InChI is InChI=1S/C24H33NO/c1-19(20-10-6-4-7-11-20)25-16-14-23(21-12-8-5-9-13-21)22-15-17-26-24(2,3)18-22/h4-13,19,22-23,25H,14-18H2,1-3H3/t19-,22+,23+/m1/s1. The predicted molar refractivity (Wildman–Crippen MR) is 109 cm³/mol. The molecule has 2 aromatic rings. The van der Waals surface area contributed by atoms with Crippen LogP contribution in [0.5, 0.6) is 0 Å². The second-order valence-corrected chi connectivity index (χ2v) is 8.25. The lowest BCUT2D eigenvalue weighted by Crippen LogP contribution is -2.37. The van der Waals surface area contributed by atoms with Crippen LogP contribution in [-0.4, -0.2) is 18.8 Å². The second-order valence-electron chi connectivity index (χ2n) is 8.25. The molecule has 0 amide bonds. The highest BCUT2D eigenvalue weighted by Crippen LogP contribution is 2.39. The van der Waals surface area contributed by atoms with Gasteiger partial charge in [-0.2, -0.15) is 0 Å². The first kappa shape index (κ1) is 19.1. The number of benzene rings is 2. The SMILES string of the molecule is C[C@@H](NCC[C@@H](c1ccccc1)[C@H]1CCOC(C)(C)C1)c1ccccc1. The summed E-state index contributed by atoms with van der Waals surface area (Å²) in [7, 11) is 0. The van der Waals surface area contributed by atoms with Gasteiger partial charge in [0, 0.05) is 12.6 Å². The monoisotopic (exact) mass is 351 g/mol. The third kappa shape index (κ3) is 5.18. The van der Waals surface area contributed by atoms with Crippen LogP contribution in [0.2, 0.25) is 0 Å². The molecule has 1 fully saturated rings. The van der Waals surface area contributed by atoms with Crippen LogP contribution in [-0.2, 0) is 4.74 Å². The summed E-state index contributed by atoms with van der Waals surface area (Å²) in [5.74, 6) is 1.28. The Kier molecular flexibility index (Phi) is 6.50. The van der Waals surface area contributed by atoms with Crippen LogP contribution >= 0.6 is 0 Å². The first-order valence-corrected chi connectivity index (χ1v) is 10.0. The molecule has 1 N–H and O–H groups in total. The molecule has 0 bridgehead atoms. The van der Waals surface area contributed by atoms with Crippen LogP contribution in [0.25, 0.3) is 0 Å². The highest BCUT2D eigenvalue weighted by Gasteiger charge is 2.33. The third-order valence-corrected chi connectivity index (χ3v) is 5.74. The zero-order valence-electron chi connectivity index (χ0n) is 16.4. The fraction of sp³-hybridized carbons (Fsp3) is 0.500. The van der Waals surface area contributed by atoms with Gasteiger partial charge in [0.05, 0.1) is 5.60 Å². The minimum atomic E-state index is 0.000700. The Bertz CT molecular complexity index is 652. The Morgan fingerprint density at radius 2 is 1.62 bits per heavy atom. The molecular weight excluding hydrogens is 318 g/mol. The van der Waals surface area contributed by atoms with E-state index < -0.39 is 0 Å². The Morgan fingerprint density at radius 3 is 2.23 bits per heavy atom. The molecule has 0 spiro atoms. The lowest BCUT2D eigenvalue weighted by Gasteiger charge is -2.39. The molecule has 1 aliphatic heterocycles. The second kappa shape index (κ2) is 8.83. The summed E-state index contributed by atoms with van der Waals surface area (Å²) in [6.45, 7) is 8.64. The summed E-state index contributed by atoms with van der Waals surface area (Å²) in [5.41, 5.74) is 2.83. The van der Waals surface area contributed by atoms with Crippen molar-refractivity contribution in [2.45, 2.75) is 57.6 Å². The average molecular weight is 352 g/mol. The van der Waals surface area contributed by atoms with Crippen molar-refractivity contribution in [3.05, 3.63) is 71.8 Å². The van der Waals surface area contributed by atoms with E-state index in [2.05, 4.69) is 86.8 Å². The number of rotatable bonds is 7. The van der Waals surface area contributed by atoms with E-state index in [-0.39, 0.29) is 5.60 Å².